The first kappa shape index (κ1) is 18.2. The van der Waals surface area contributed by atoms with Crippen LogP contribution in [-0.2, 0) is 10.0 Å². The summed E-state index contributed by atoms with van der Waals surface area (Å²) in [4.78, 5) is 12.4. The molecule has 1 saturated carbocycles. The highest BCUT2D eigenvalue weighted by molar-refractivity contribution is 7.89. The summed E-state index contributed by atoms with van der Waals surface area (Å²) in [7, 11) is -2.26. The molecule has 3 rings (SSSR count). The van der Waals surface area contributed by atoms with E-state index >= 15 is 0 Å². The van der Waals surface area contributed by atoms with Crippen LogP contribution in [0.5, 0.6) is 5.75 Å². The van der Waals surface area contributed by atoms with E-state index in [1.54, 1.807) is 12.1 Å². The van der Waals surface area contributed by atoms with E-state index in [9.17, 15) is 13.2 Å². The van der Waals surface area contributed by atoms with Gasteiger partial charge < -0.3 is 10.1 Å². The molecule has 0 radical (unpaired) electrons. The highest BCUT2D eigenvalue weighted by atomic mass is 32.2. The molecule has 2 aliphatic rings. The molecule has 25 heavy (non-hydrogen) atoms. The monoisotopic (exact) mass is 366 g/mol. The van der Waals surface area contributed by atoms with E-state index in [-0.39, 0.29) is 22.6 Å². The lowest BCUT2D eigenvalue weighted by molar-refractivity contribution is 0.0951. The molecule has 1 saturated heterocycles. The summed E-state index contributed by atoms with van der Waals surface area (Å²) >= 11 is 0. The average molecular weight is 366 g/mol. The summed E-state index contributed by atoms with van der Waals surface area (Å²) in [5.41, 5.74) is 0.352. The third-order valence-corrected chi connectivity index (χ3v) is 7.04. The Labute approximate surface area is 149 Å². The zero-order chi connectivity index (χ0) is 18.0. The Morgan fingerprint density at radius 1 is 1.28 bits per heavy atom. The van der Waals surface area contributed by atoms with Crippen LogP contribution in [0.15, 0.2) is 23.1 Å². The average Bonchev–Trinajstić information content (AvgIpc) is 3.43. The molecule has 2 fully saturated rings. The van der Waals surface area contributed by atoms with Gasteiger partial charge in [-0.3, -0.25) is 4.79 Å². The fourth-order valence-electron chi connectivity index (χ4n) is 3.24. The number of sulfonamides is 1. The van der Waals surface area contributed by atoms with Crippen molar-refractivity contribution in [3.63, 3.8) is 0 Å². The summed E-state index contributed by atoms with van der Waals surface area (Å²) in [5, 5.41) is 2.88. The molecule has 1 amide bonds. The summed E-state index contributed by atoms with van der Waals surface area (Å²) in [6.45, 7) is 3.08. The van der Waals surface area contributed by atoms with Gasteiger partial charge in [0.15, 0.2) is 0 Å². The lowest BCUT2D eigenvalue weighted by Crippen LogP contribution is -2.42. The van der Waals surface area contributed by atoms with Gasteiger partial charge in [0.2, 0.25) is 10.0 Å². The first-order valence-electron chi connectivity index (χ1n) is 8.91. The Balaban J connectivity index is 1.89. The van der Waals surface area contributed by atoms with Crippen molar-refractivity contribution in [2.75, 3.05) is 20.2 Å². The van der Waals surface area contributed by atoms with E-state index in [4.69, 9.17) is 4.74 Å². The summed E-state index contributed by atoms with van der Waals surface area (Å²) in [6, 6.07) is 4.57. The summed E-state index contributed by atoms with van der Waals surface area (Å²) in [6.07, 6.45) is 5.04. The van der Waals surface area contributed by atoms with Gasteiger partial charge in [-0.1, -0.05) is 6.42 Å². The lowest BCUT2D eigenvalue weighted by Gasteiger charge is -2.32. The number of nitrogens with zero attached hydrogens (tertiary/aromatic N) is 1. The Bertz CT molecular complexity index is 743. The van der Waals surface area contributed by atoms with Crippen molar-refractivity contribution in [1.82, 2.24) is 9.62 Å². The van der Waals surface area contributed by atoms with E-state index in [1.807, 2.05) is 6.92 Å². The maximum absolute atomic E-state index is 13.1. The van der Waals surface area contributed by atoms with Gasteiger partial charge in [0.1, 0.15) is 10.6 Å². The maximum atomic E-state index is 13.1. The van der Waals surface area contributed by atoms with Gasteiger partial charge in [-0.2, -0.15) is 4.31 Å². The number of ether oxygens (including phenoxy) is 1. The van der Waals surface area contributed by atoms with Crippen LogP contribution in [0.1, 0.15) is 49.4 Å². The fraction of sp³-hybridized carbons (Fsp3) is 0.611. The smallest absolute Gasteiger partial charge is 0.251 e. The van der Waals surface area contributed by atoms with Crippen molar-refractivity contribution in [3.05, 3.63) is 23.8 Å². The Kier molecular flexibility index (Phi) is 5.34. The van der Waals surface area contributed by atoms with Gasteiger partial charge >= 0.3 is 0 Å². The molecule has 1 unspecified atom stereocenters. The molecule has 1 aromatic rings. The van der Waals surface area contributed by atoms with Crippen LogP contribution in [0.2, 0.25) is 0 Å². The summed E-state index contributed by atoms with van der Waals surface area (Å²) in [5.74, 6) is 0.605. The Morgan fingerprint density at radius 3 is 2.68 bits per heavy atom. The minimum Gasteiger partial charge on any atom is -0.495 e. The number of piperidine rings is 1. The number of benzene rings is 1. The largest absolute Gasteiger partial charge is 0.495 e. The van der Waals surface area contributed by atoms with Gasteiger partial charge in [-0.15, -0.1) is 0 Å². The van der Waals surface area contributed by atoms with Crippen LogP contribution in [0.25, 0.3) is 0 Å². The normalized spacial score (nSPS) is 21.8. The van der Waals surface area contributed by atoms with Crippen molar-refractivity contribution < 1.29 is 17.9 Å². The molecule has 6 nitrogen and oxygen atoms in total. The van der Waals surface area contributed by atoms with Crippen LogP contribution in [0.4, 0.5) is 0 Å². The molecular weight excluding hydrogens is 340 g/mol. The van der Waals surface area contributed by atoms with E-state index in [1.165, 1.54) is 17.5 Å². The van der Waals surface area contributed by atoms with Crippen molar-refractivity contribution in [2.24, 2.45) is 5.92 Å². The second-order valence-corrected chi connectivity index (χ2v) is 8.84. The predicted molar refractivity (Wildman–Crippen MR) is 95.3 cm³/mol. The quantitative estimate of drug-likeness (QED) is 0.839. The molecule has 7 heteroatoms. The van der Waals surface area contributed by atoms with Crippen LogP contribution in [-0.4, -0.2) is 44.9 Å². The lowest BCUT2D eigenvalue weighted by atomic mass is 10.1. The molecule has 0 bridgehead atoms. The van der Waals surface area contributed by atoms with Gasteiger partial charge in [-0.05, 0) is 56.7 Å². The number of nitrogens with one attached hydrogen (secondary N) is 1. The summed E-state index contributed by atoms with van der Waals surface area (Å²) < 4.78 is 33.1. The minimum absolute atomic E-state index is 0.0456. The highest BCUT2D eigenvalue weighted by Crippen LogP contribution is 2.32. The second kappa shape index (κ2) is 7.33. The predicted octanol–water partition coefficient (Wildman–Crippen LogP) is 2.40. The van der Waals surface area contributed by atoms with Gasteiger partial charge in [0.05, 0.1) is 7.11 Å². The number of amides is 1. The maximum Gasteiger partial charge on any atom is 0.251 e. The zero-order valence-corrected chi connectivity index (χ0v) is 15.6. The van der Waals surface area contributed by atoms with E-state index < -0.39 is 10.0 Å². The first-order valence-corrected chi connectivity index (χ1v) is 10.4. The molecule has 1 N–H and O–H groups in total. The Hall–Kier alpha value is -1.60. The second-order valence-electron chi connectivity index (χ2n) is 6.98. The SMILES string of the molecule is COc1ccc(C(=O)NCC2CC2)cc1S(=O)(=O)N1CCCCC1C. The number of methoxy groups -OCH3 is 1. The van der Waals surface area contributed by atoms with Crippen molar-refractivity contribution >= 4 is 15.9 Å². The van der Waals surface area contributed by atoms with E-state index in [2.05, 4.69) is 5.32 Å². The molecule has 1 heterocycles. The van der Waals surface area contributed by atoms with Crippen LogP contribution in [0.3, 0.4) is 0 Å². The van der Waals surface area contributed by atoms with E-state index in [0.717, 1.165) is 32.1 Å². The molecule has 1 aromatic carbocycles. The molecule has 1 aliphatic carbocycles. The number of carbonyl (C=O) groups is 1. The molecule has 138 valence electrons. The first-order chi connectivity index (χ1) is 11.9. The fourth-order valence-corrected chi connectivity index (χ4v) is 5.12. The molecule has 0 aromatic heterocycles. The van der Waals surface area contributed by atoms with Gasteiger partial charge in [-0.25, -0.2) is 8.42 Å². The van der Waals surface area contributed by atoms with Crippen LogP contribution < -0.4 is 10.1 Å². The number of carbonyl (C=O) groups excluding carboxylic acids is 1. The van der Waals surface area contributed by atoms with Crippen molar-refractivity contribution in [1.29, 1.82) is 0 Å². The van der Waals surface area contributed by atoms with Crippen LogP contribution >= 0.6 is 0 Å². The zero-order valence-electron chi connectivity index (χ0n) is 14.8. The van der Waals surface area contributed by atoms with Gasteiger partial charge in [0.25, 0.3) is 5.91 Å². The highest BCUT2D eigenvalue weighted by Gasteiger charge is 2.33. The third kappa shape index (κ3) is 3.98. The minimum atomic E-state index is -3.70. The third-order valence-electron chi connectivity index (χ3n) is 5.00. The van der Waals surface area contributed by atoms with Crippen molar-refractivity contribution in [2.45, 2.75) is 50.0 Å². The topological polar surface area (TPSA) is 75.7 Å². The molecule has 0 spiro atoms. The molecule has 1 aliphatic heterocycles. The van der Waals surface area contributed by atoms with Gasteiger partial charge in [0, 0.05) is 24.7 Å². The number of hydrogen-bond donors (Lipinski definition) is 1. The number of rotatable bonds is 6. The van der Waals surface area contributed by atoms with Crippen molar-refractivity contribution in [3.8, 4) is 5.75 Å². The number of hydrogen-bond acceptors (Lipinski definition) is 4. The molecular formula is C18H26N2O4S. The Morgan fingerprint density at radius 2 is 2.04 bits per heavy atom. The van der Waals surface area contributed by atoms with Crippen LogP contribution in [0, 0.1) is 5.92 Å². The standard InChI is InChI=1S/C18H26N2O4S/c1-13-5-3-4-10-20(13)25(22,23)17-11-15(8-9-16(17)24-2)18(21)19-12-14-6-7-14/h8-9,11,13-14H,3-7,10,12H2,1-2H3,(H,19,21). The van der Waals surface area contributed by atoms with E-state index in [0.29, 0.717) is 24.6 Å². The molecule has 1 atom stereocenters.